The smallest absolute Gasteiger partial charge is 0.261 e. The maximum atomic E-state index is 13.0. The van der Waals surface area contributed by atoms with Gasteiger partial charge in [-0.25, -0.2) is 0 Å². The first-order valence-corrected chi connectivity index (χ1v) is 10.7. The van der Waals surface area contributed by atoms with Crippen molar-refractivity contribution < 1.29 is 9.32 Å². The van der Waals surface area contributed by atoms with Crippen molar-refractivity contribution in [3.05, 3.63) is 94.6 Å². The summed E-state index contributed by atoms with van der Waals surface area (Å²) < 4.78 is 5.49. The van der Waals surface area contributed by atoms with Gasteiger partial charge in [0.1, 0.15) is 5.56 Å². The Labute approximate surface area is 184 Å². The number of rotatable bonds is 4. The minimum Gasteiger partial charge on any atom is -0.339 e. The van der Waals surface area contributed by atoms with E-state index in [-0.39, 0.29) is 22.9 Å². The lowest BCUT2D eigenvalue weighted by molar-refractivity contribution is 0.0702. The van der Waals surface area contributed by atoms with Gasteiger partial charge in [-0.15, -0.1) is 0 Å². The van der Waals surface area contributed by atoms with Crippen LogP contribution in [0.1, 0.15) is 35.0 Å². The minimum absolute atomic E-state index is 0.0998. The molecule has 0 aliphatic carbocycles. The number of carbonyl (C=O) groups excluding carboxylic acids is 1. The first kappa shape index (κ1) is 19.9. The van der Waals surface area contributed by atoms with Crippen LogP contribution in [0.15, 0.2) is 82.1 Å². The fraction of sp³-hybridized carbons (Fsp3) is 0.200. The standard InChI is InChI=1S/C25H22N4O3/c30-23-20(11-12-21(26-23)17-7-3-1-4-8-17)25(31)29-15-13-19(14-16-29)24-27-22(28-32-24)18-9-5-2-6-10-18/h1-12,19H,13-16H2,(H,26,30). The minimum atomic E-state index is -0.372. The second kappa shape index (κ2) is 8.63. The third-order valence-electron chi connectivity index (χ3n) is 5.83. The van der Waals surface area contributed by atoms with Crippen molar-refractivity contribution in [3.8, 4) is 22.6 Å². The Morgan fingerprint density at radius 3 is 2.22 bits per heavy atom. The van der Waals surface area contributed by atoms with E-state index in [1.807, 2.05) is 60.7 Å². The Bertz CT molecular complexity index is 1270. The molecule has 3 heterocycles. The third-order valence-corrected chi connectivity index (χ3v) is 5.83. The van der Waals surface area contributed by atoms with E-state index in [4.69, 9.17) is 4.52 Å². The van der Waals surface area contributed by atoms with E-state index in [1.54, 1.807) is 17.0 Å². The monoisotopic (exact) mass is 426 g/mol. The zero-order valence-electron chi connectivity index (χ0n) is 17.4. The van der Waals surface area contributed by atoms with Gasteiger partial charge < -0.3 is 14.4 Å². The van der Waals surface area contributed by atoms with Crippen LogP contribution in [0.4, 0.5) is 0 Å². The highest BCUT2D eigenvalue weighted by atomic mass is 16.5. The first-order valence-electron chi connectivity index (χ1n) is 10.7. The fourth-order valence-electron chi connectivity index (χ4n) is 4.03. The predicted octanol–water partition coefficient (Wildman–Crippen LogP) is 4.11. The van der Waals surface area contributed by atoms with Gasteiger partial charge in [0.05, 0.1) is 0 Å². The molecule has 160 valence electrons. The van der Waals surface area contributed by atoms with Gasteiger partial charge in [-0.3, -0.25) is 9.59 Å². The van der Waals surface area contributed by atoms with E-state index in [9.17, 15) is 9.59 Å². The molecule has 1 aliphatic heterocycles. The zero-order chi connectivity index (χ0) is 21.9. The van der Waals surface area contributed by atoms with E-state index in [1.165, 1.54) is 0 Å². The Morgan fingerprint density at radius 1 is 0.906 bits per heavy atom. The fourth-order valence-corrected chi connectivity index (χ4v) is 4.03. The maximum Gasteiger partial charge on any atom is 0.261 e. The van der Waals surface area contributed by atoms with Gasteiger partial charge in [0, 0.05) is 30.3 Å². The lowest BCUT2D eigenvalue weighted by atomic mass is 9.96. The van der Waals surface area contributed by atoms with E-state index < -0.39 is 0 Å². The van der Waals surface area contributed by atoms with Crippen LogP contribution in [-0.4, -0.2) is 39.0 Å². The van der Waals surface area contributed by atoms with Gasteiger partial charge in [-0.05, 0) is 30.5 Å². The lowest BCUT2D eigenvalue weighted by Gasteiger charge is -2.30. The molecule has 2 aromatic heterocycles. The van der Waals surface area contributed by atoms with E-state index in [0.29, 0.717) is 43.3 Å². The normalized spacial score (nSPS) is 14.4. The summed E-state index contributed by atoms with van der Waals surface area (Å²) in [6, 6.07) is 22.6. The number of likely N-dealkylation sites (tertiary alicyclic amines) is 1. The molecule has 0 radical (unpaired) electrons. The average Bonchev–Trinajstić information content (AvgIpc) is 3.35. The lowest BCUT2D eigenvalue weighted by Crippen LogP contribution is -2.40. The molecule has 7 heteroatoms. The Balaban J connectivity index is 1.25. The van der Waals surface area contributed by atoms with Crippen LogP contribution in [-0.2, 0) is 0 Å². The second-order valence-electron chi connectivity index (χ2n) is 7.87. The van der Waals surface area contributed by atoms with Crippen molar-refractivity contribution in [3.63, 3.8) is 0 Å². The van der Waals surface area contributed by atoms with Gasteiger partial charge in [0.25, 0.3) is 11.5 Å². The summed E-state index contributed by atoms with van der Waals surface area (Å²) in [7, 11) is 0. The molecule has 4 aromatic rings. The van der Waals surface area contributed by atoms with Crippen LogP contribution < -0.4 is 5.56 Å². The Hall–Kier alpha value is -4.00. The number of amides is 1. The topological polar surface area (TPSA) is 92.1 Å². The molecule has 0 atom stereocenters. The van der Waals surface area contributed by atoms with Gasteiger partial charge in [0.2, 0.25) is 11.7 Å². The van der Waals surface area contributed by atoms with Crippen molar-refractivity contribution in [2.45, 2.75) is 18.8 Å². The highest BCUT2D eigenvalue weighted by Crippen LogP contribution is 2.29. The molecule has 0 bridgehead atoms. The van der Waals surface area contributed by atoms with Gasteiger partial charge in [-0.1, -0.05) is 65.8 Å². The molecular weight excluding hydrogens is 404 g/mol. The van der Waals surface area contributed by atoms with Gasteiger partial charge in [-0.2, -0.15) is 4.98 Å². The van der Waals surface area contributed by atoms with Crippen LogP contribution in [0, 0.1) is 0 Å². The number of nitrogens with one attached hydrogen (secondary N) is 1. The van der Waals surface area contributed by atoms with Crippen LogP contribution >= 0.6 is 0 Å². The molecule has 1 fully saturated rings. The molecule has 7 nitrogen and oxygen atoms in total. The maximum absolute atomic E-state index is 13.0. The van der Waals surface area contributed by atoms with Crippen molar-refractivity contribution >= 4 is 5.91 Å². The predicted molar refractivity (Wildman–Crippen MR) is 120 cm³/mol. The van der Waals surface area contributed by atoms with Crippen molar-refractivity contribution in [2.75, 3.05) is 13.1 Å². The van der Waals surface area contributed by atoms with Gasteiger partial charge >= 0.3 is 0 Å². The Kier molecular flexibility index (Phi) is 5.37. The molecule has 0 spiro atoms. The van der Waals surface area contributed by atoms with E-state index in [0.717, 1.165) is 11.1 Å². The van der Waals surface area contributed by atoms with Crippen molar-refractivity contribution in [1.29, 1.82) is 0 Å². The van der Waals surface area contributed by atoms with Crippen LogP contribution in [0.5, 0.6) is 0 Å². The van der Waals surface area contributed by atoms with Crippen LogP contribution in [0.2, 0.25) is 0 Å². The summed E-state index contributed by atoms with van der Waals surface area (Å²) in [4.78, 5) is 34.6. The molecule has 32 heavy (non-hydrogen) atoms. The molecule has 1 saturated heterocycles. The summed E-state index contributed by atoms with van der Waals surface area (Å²) in [6.07, 6.45) is 1.42. The molecule has 0 unspecified atom stereocenters. The number of carbonyl (C=O) groups is 1. The molecule has 0 saturated carbocycles. The third kappa shape index (κ3) is 3.97. The number of nitrogens with zero attached hydrogens (tertiary/aromatic N) is 3. The molecule has 5 rings (SSSR count). The average molecular weight is 426 g/mol. The van der Waals surface area contributed by atoms with Gasteiger partial charge in [0.15, 0.2) is 0 Å². The number of H-pyrrole nitrogens is 1. The summed E-state index contributed by atoms with van der Waals surface area (Å²) in [5, 5.41) is 4.10. The van der Waals surface area contributed by atoms with E-state index >= 15 is 0 Å². The summed E-state index contributed by atoms with van der Waals surface area (Å²) in [5.74, 6) is 1.02. The summed E-state index contributed by atoms with van der Waals surface area (Å²) >= 11 is 0. The summed E-state index contributed by atoms with van der Waals surface area (Å²) in [5.41, 5.74) is 2.29. The quantitative estimate of drug-likeness (QED) is 0.530. The highest BCUT2D eigenvalue weighted by Gasteiger charge is 2.29. The first-order chi connectivity index (χ1) is 15.7. The highest BCUT2D eigenvalue weighted by molar-refractivity contribution is 5.94. The Morgan fingerprint density at radius 2 is 1.56 bits per heavy atom. The van der Waals surface area contributed by atoms with E-state index in [2.05, 4.69) is 15.1 Å². The van der Waals surface area contributed by atoms with Crippen LogP contribution in [0.3, 0.4) is 0 Å². The second-order valence-corrected chi connectivity index (χ2v) is 7.87. The number of benzene rings is 2. The molecule has 2 aromatic carbocycles. The molecular formula is C25H22N4O3. The molecule has 1 amide bonds. The largest absolute Gasteiger partial charge is 0.339 e. The van der Waals surface area contributed by atoms with Crippen LogP contribution in [0.25, 0.3) is 22.6 Å². The SMILES string of the molecule is O=C(c1ccc(-c2ccccc2)[nH]c1=O)N1CCC(c2nc(-c3ccccc3)no2)CC1. The number of pyridine rings is 1. The number of piperidine rings is 1. The summed E-state index contributed by atoms with van der Waals surface area (Å²) in [6.45, 7) is 1.07. The number of hydrogen-bond donors (Lipinski definition) is 1. The number of aromatic nitrogens is 3. The zero-order valence-corrected chi connectivity index (χ0v) is 17.4. The molecule has 1 N–H and O–H groups in total. The van der Waals surface area contributed by atoms with Crippen molar-refractivity contribution in [2.24, 2.45) is 0 Å². The van der Waals surface area contributed by atoms with Crippen molar-refractivity contribution in [1.82, 2.24) is 20.0 Å². The number of aromatic amines is 1. The number of hydrogen-bond acceptors (Lipinski definition) is 5. The molecule has 1 aliphatic rings.